The zero-order valence-corrected chi connectivity index (χ0v) is 15.9. The summed E-state index contributed by atoms with van der Waals surface area (Å²) < 4.78 is 17.5. The molecule has 0 aliphatic carbocycles. The van der Waals surface area contributed by atoms with E-state index >= 15 is 0 Å². The van der Waals surface area contributed by atoms with Crippen LogP contribution in [0, 0.1) is 0 Å². The van der Waals surface area contributed by atoms with Gasteiger partial charge in [0.15, 0.2) is 0 Å². The first-order chi connectivity index (χ1) is 13.5. The van der Waals surface area contributed by atoms with Gasteiger partial charge >= 0.3 is 5.97 Å². The number of fused-ring (bicyclic) bond motifs is 1. The van der Waals surface area contributed by atoms with Crippen molar-refractivity contribution < 1.29 is 24.1 Å². The third-order valence-corrected chi connectivity index (χ3v) is 4.38. The highest BCUT2D eigenvalue weighted by Gasteiger charge is 2.23. The minimum absolute atomic E-state index is 0.0768. The second-order valence-corrected chi connectivity index (χ2v) is 6.01. The zero-order chi connectivity index (χ0) is 20.3. The van der Waals surface area contributed by atoms with Crippen molar-refractivity contribution in [3.05, 3.63) is 52.8 Å². The van der Waals surface area contributed by atoms with Gasteiger partial charge in [-0.3, -0.25) is 14.2 Å². The second kappa shape index (κ2) is 8.04. The lowest BCUT2D eigenvalue weighted by Gasteiger charge is -2.18. The van der Waals surface area contributed by atoms with E-state index in [2.05, 4.69) is 0 Å². The highest BCUT2D eigenvalue weighted by Crippen LogP contribution is 2.39. The molecule has 28 heavy (non-hydrogen) atoms. The van der Waals surface area contributed by atoms with Crippen LogP contribution in [0.1, 0.15) is 6.92 Å². The van der Waals surface area contributed by atoms with Gasteiger partial charge in [0.25, 0.3) is 5.56 Å². The summed E-state index contributed by atoms with van der Waals surface area (Å²) >= 11 is 0. The smallest absolute Gasteiger partial charge is 0.326 e. The number of phenolic OH excluding ortho intramolecular Hbond substituents is 1. The van der Waals surface area contributed by atoms with Crippen LogP contribution in [0.4, 0.5) is 0 Å². The SMILES string of the molecule is CCOC(=O)Cn1c(=O)c(-c2ccc(O)cc2)c(OC)c2c(OC)cccc21. The summed E-state index contributed by atoms with van der Waals surface area (Å²) in [4.78, 5) is 25.5. The van der Waals surface area contributed by atoms with Gasteiger partial charge in [-0.1, -0.05) is 18.2 Å². The van der Waals surface area contributed by atoms with Gasteiger partial charge in [-0.05, 0) is 36.8 Å². The average molecular weight is 383 g/mol. The minimum Gasteiger partial charge on any atom is -0.508 e. The maximum atomic E-state index is 13.4. The van der Waals surface area contributed by atoms with Crippen LogP contribution in [0.25, 0.3) is 22.0 Å². The number of hydrogen-bond acceptors (Lipinski definition) is 6. The van der Waals surface area contributed by atoms with Crippen LogP contribution in [0.2, 0.25) is 0 Å². The van der Waals surface area contributed by atoms with Crippen molar-refractivity contribution in [2.45, 2.75) is 13.5 Å². The predicted octanol–water partition coefficient (Wildman–Crippen LogP) is 2.95. The first-order valence-corrected chi connectivity index (χ1v) is 8.74. The topological polar surface area (TPSA) is 87.0 Å². The summed E-state index contributed by atoms with van der Waals surface area (Å²) in [7, 11) is 3.00. The fraction of sp³-hybridized carbons (Fsp3) is 0.238. The highest BCUT2D eigenvalue weighted by atomic mass is 16.5. The van der Waals surface area contributed by atoms with Gasteiger partial charge in [-0.25, -0.2) is 0 Å². The molecule has 0 aliphatic heterocycles. The first-order valence-electron chi connectivity index (χ1n) is 8.74. The number of hydrogen-bond donors (Lipinski definition) is 1. The van der Waals surface area contributed by atoms with Crippen LogP contribution in [0.3, 0.4) is 0 Å². The van der Waals surface area contributed by atoms with Gasteiger partial charge in [-0.15, -0.1) is 0 Å². The fourth-order valence-electron chi connectivity index (χ4n) is 3.19. The van der Waals surface area contributed by atoms with Crippen molar-refractivity contribution in [3.8, 4) is 28.4 Å². The van der Waals surface area contributed by atoms with Gasteiger partial charge in [0, 0.05) is 0 Å². The number of esters is 1. The predicted molar refractivity (Wildman–Crippen MR) is 105 cm³/mol. The van der Waals surface area contributed by atoms with Crippen molar-refractivity contribution in [1.29, 1.82) is 0 Å². The fourth-order valence-corrected chi connectivity index (χ4v) is 3.19. The maximum Gasteiger partial charge on any atom is 0.326 e. The lowest BCUT2D eigenvalue weighted by Crippen LogP contribution is -2.27. The molecule has 0 radical (unpaired) electrons. The van der Waals surface area contributed by atoms with Crippen molar-refractivity contribution in [2.75, 3.05) is 20.8 Å². The van der Waals surface area contributed by atoms with Gasteiger partial charge in [0.1, 0.15) is 23.8 Å². The van der Waals surface area contributed by atoms with E-state index in [1.54, 1.807) is 37.3 Å². The molecule has 0 atom stereocenters. The first kappa shape index (κ1) is 19.3. The van der Waals surface area contributed by atoms with Crippen molar-refractivity contribution in [3.63, 3.8) is 0 Å². The molecular formula is C21H21NO6. The number of benzene rings is 2. The van der Waals surface area contributed by atoms with Crippen LogP contribution >= 0.6 is 0 Å². The van der Waals surface area contributed by atoms with E-state index in [4.69, 9.17) is 14.2 Å². The molecule has 3 rings (SSSR count). The normalized spacial score (nSPS) is 10.7. The Morgan fingerprint density at radius 2 is 1.79 bits per heavy atom. The summed E-state index contributed by atoms with van der Waals surface area (Å²) in [6, 6.07) is 11.4. The summed E-state index contributed by atoms with van der Waals surface area (Å²) in [6.07, 6.45) is 0. The summed E-state index contributed by atoms with van der Waals surface area (Å²) in [5.74, 6) is 0.402. The molecule has 0 saturated heterocycles. The minimum atomic E-state index is -0.518. The monoisotopic (exact) mass is 383 g/mol. The Bertz CT molecular complexity index is 1070. The van der Waals surface area contributed by atoms with Crippen LogP contribution in [-0.2, 0) is 16.1 Å². The quantitative estimate of drug-likeness (QED) is 0.659. The zero-order valence-electron chi connectivity index (χ0n) is 15.9. The standard InChI is InChI=1S/C21H21NO6/c1-4-28-17(24)12-22-15-6-5-7-16(26-2)19(15)20(27-3)18(21(22)25)13-8-10-14(23)11-9-13/h5-11,23H,4,12H2,1-3H3. The highest BCUT2D eigenvalue weighted by molar-refractivity contribution is 5.97. The van der Waals surface area contributed by atoms with Crippen LogP contribution < -0.4 is 15.0 Å². The van der Waals surface area contributed by atoms with E-state index < -0.39 is 11.5 Å². The number of pyridine rings is 1. The third kappa shape index (κ3) is 3.38. The van der Waals surface area contributed by atoms with E-state index in [0.717, 1.165) is 0 Å². The molecule has 0 saturated carbocycles. The van der Waals surface area contributed by atoms with E-state index in [9.17, 15) is 14.7 Å². The summed E-state index contributed by atoms with van der Waals surface area (Å²) in [5.41, 5.74) is 0.905. The van der Waals surface area contributed by atoms with E-state index in [1.807, 2.05) is 0 Å². The van der Waals surface area contributed by atoms with E-state index in [0.29, 0.717) is 28.0 Å². The molecule has 0 fully saturated rings. The number of phenols is 1. The Kier molecular flexibility index (Phi) is 5.54. The Morgan fingerprint density at radius 3 is 2.39 bits per heavy atom. The van der Waals surface area contributed by atoms with Crippen LogP contribution in [0.5, 0.6) is 17.2 Å². The lowest BCUT2D eigenvalue weighted by atomic mass is 10.0. The molecule has 7 nitrogen and oxygen atoms in total. The molecule has 0 aliphatic rings. The maximum absolute atomic E-state index is 13.4. The lowest BCUT2D eigenvalue weighted by molar-refractivity contribution is -0.143. The molecule has 0 bridgehead atoms. The number of carbonyl (C=O) groups excluding carboxylic acids is 1. The number of ether oxygens (including phenoxy) is 3. The number of nitrogens with zero attached hydrogens (tertiary/aromatic N) is 1. The van der Waals surface area contributed by atoms with Crippen molar-refractivity contribution >= 4 is 16.9 Å². The van der Waals surface area contributed by atoms with Crippen LogP contribution in [0.15, 0.2) is 47.3 Å². The summed E-state index contributed by atoms with van der Waals surface area (Å²) in [5, 5.41) is 10.2. The van der Waals surface area contributed by atoms with Crippen molar-refractivity contribution in [1.82, 2.24) is 4.57 Å². The molecule has 2 aromatic carbocycles. The number of carbonyl (C=O) groups is 1. The van der Waals surface area contributed by atoms with Gasteiger partial charge in [-0.2, -0.15) is 0 Å². The molecule has 1 N–H and O–H groups in total. The van der Waals surface area contributed by atoms with Gasteiger partial charge in [0.05, 0.1) is 37.3 Å². The Labute approximate surface area is 161 Å². The molecule has 0 spiro atoms. The third-order valence-electron chi connectivity index (χ3n) is 4.38. The Balaban J connectivity index is 2.41. The number of methoxy groups -OCH3 is 2. The Hall–Kier alpha value is -3.48. The molecular weight excluding hydrogens is 362 g/mol. The molecule has 1 aromatic heterocycles. The number of aromatic hydroxyl groups is 1. The van der Waals surface area contributed by atoms with Gasteiger partial charge < -0.3 is 19.3 Å². The van der Waals surface area contributed by atoms with Crippen molar-refractivity contribution in [2.24, 2.45) is 0 Å². The molecule has 3 aromatic rings. The average Bonchev–Trinajstić information content (AvgIpc) is 2.70. The number of rotatable bonds is 6. The molecule has 7 heteroatoms. The molecule has 146 valence electrons. The molecule has 0 amide bonds. The van der Waals surface area contributed by atoms with E-state index in [1.165, 1.54) is 30.9 Å². The van der Waals surface area contributed by atoms with Gasteiger partial charge in [0.2, 0.25) is 0 Å². The number of aromatic nitrogens is 1. The molecule has 0 unspecified atom stereocenters. The second-order valence-electron chi connectivity index (χ2n) is 6.01. The van der Waals surface area contributed by atoms with E-state index in [-0.39, 0.29) is 24.5 Å². The molecule has 1 heterocycles. The Morgan fingerprint density at radius 1 is 1.07 bits per heavy atom. The summed E-state index contributed by atoms with van der Waals surface area (Å²) in [6.45, 7) is 1.68. The van der Waals surface area contributed by atoms with Crippen LogP contribution in [-0.4, -0.2) is 36.5 Å². The largest absolute Gasteiger partial charge is 0.508 e.